The number of benzene rings is 2. The summed E-state index contributed by atoms with van der Waals surface area (Å²) in [5.41, 5.74) is 0.526. The lowest BCUT2D eigenvalue weighted by atomic mass is 9.91. The lowest BCUT2D eigenvalue weighted by molar-refractivity contribution is -0.116. The van der Waals surface area contributed by atoms with E-state index >= 15 is 0 Å². The maximum atomic E-state index is 13.4. The van der Waals surface area contributed by atoms with Crippen molar-refractivity contribution in [3.63, 3.8) is 0 Å². The Hall–Kier alpha value is -0.700. The molecule has 0 heterocycles. The van der Waals surface area contributed by atoms with Crippen molar-refractivity contribution in [2.75, 3.05) is 5.32 Å². The Bertz CT molecular complexity index is 1260. The average Bonchev–Trinajstić information content (AvgIpc) is 2.72. The molecule has 0 bridgehead atoms. The van der Waals surface area contributed by atoms with Gasteiger partial charge < -0.3 is 5.32 Å². The van der Waals surface area contributed by atoms with E-state index in [4.69, 9.17) is 69.6 Å². The molecule has 0 aliphatic heterocycles. The second kappa shape index (κ2) is 9.07. The van der Waals surface area contributed by atoms with Gasteiger partial charge in [-0.2, -0.15) is 4.72 Å². The summed E-state index contributed by atoms with van der Waals surface area (Å²) in [6.07, 6.45) is 0. The first kappa shape index (κ1) is 26.9. The van der Waals surface area contributed by atoms with Gasteiger partial charge in [0.1, 0.15) is 5.03 Å². The van der Waals surface area contributed by atoms with Gasteiger partial charge in [-0.25, -0.2) is 8.42 Å². The zero-order valence-corrected chi connectivity index (χ0v) is 22.8. The molecule has 1 atom stereocenters. The quantitative estimate of drug-likeness (QED) is 0.316. The van der Waals surface area contributed by atoms with E-state index in [1.165, 1.54) is 12.1 Å². The summed E-state index contributed by atoms with van der Waals surface area (Å²) in [4.78, 5) is 12.6. The monoisotopic (exact) mass is 588 g/mol. The molecule has 1 unspecified atom stereocenters. The molecule has 0 spiro atoms. The third-order valence-electron chi connectivity index (χ3n) is 5.19. The van der Waals surface area contributed by atoms with Gasteiger partial charge in [0.2, 0.25) is 24.5 Å². The molecule has 2 N–H and O–H groups in total. The topological polar surface area (TPSA) is 75.3 Å². The number of hydrogen-bond acceptors (Lipinski definition) is 4. The number of allylic oxidation sites excluding steroid dienone is 1. The predicted molar refractivity (Wildman–Crippen MR) is 136 cm³/mol. The molecule has 1 aliphatic carbocycles. The summed E-state index contributed by atoms with van der Waals surface area (Å²) < 4.78 is 24.1. The van der Waals surface area contributed by atoms with E-state index in [1.807, 2.05) is 13.0 Å². The van der Waals surface area contributed by atoms with Crippen LogP contribution in [0, 0.1) is 20.8 Å². The van der Waals surface area contributed by atoms with Crippen LogP contribution in [0.2, 0.25) is 0 Å². The first-order chi connectivity index (χ1) is 15.1. The van der Waals surface area contributed by atoms with E-state index in [0.29, 0.717) is 11.3 Å². The number of nitrogens with one attached hydrogen (secondary N) is 2. The Balaban J connectivity index is 2.31. The van der Waals surface area contributed by atoms with Crippen LogP contribution in [0.15, 0.2) is 57.4 Å². The third-order valence-corrected chi connectivity index (χ3v) is 10.0. The number of carbonyl (C=O) groups excluding carboxylic acids is 1. The fourth-order valence-corrected chi connectivity index (χ4v) is 6.63. The van der Waals surface area contributed by atoms with E-state index in [-0.39, 0.29) is 4.90 Å². The van der Waals surface area contributed by atoms with Crippen LogP contribution in [0.25, 0.3) is 0 Å². The highest BCUT2D eigenvalue weighted by Crippen LogP contribution is 2.58. The van der Waals surface area contributed by atoms with Gasteiger partial charge in [0, 0.05) is 5.69 Å². The van der Waals surface area contributed by atoms with Crippen LogP contribution >= 0.6 is 69.6 Å². The Morgan fingerprint density at radius 3 is 1.94 bits per heavy atom. The van der Waals surface area contributed by atoms with E-state index < -0.39 is 40.2 Å². The lowest BCUT2D eigenvalue weighted by Crippen LogP contribution is -2.73. The van der Waals surface area contributed by atoms with Gasteiger partial charge in [0.15, 0.2) is 5.66 Å². The molecule has 1 aliphatic rings. The first-order valence-corrected chi connectivity index (χ1v) is 13.1. The molecule has 33 heavy (non-hydrogen) atoms. The normalized spacial score (nSPS) is 22.4. The van der Waals surface area contributed by atoms with E-state index in [2.05, 4.69) is 10.0 Å². The molecule has 0 fully saturated rings. The van der Waals surface area contributed by atoms with Gasteiger partial charge >= 0.3 is 0 Å². The Morgan fingerprint density at radius 1 is 0.848 bits per heavy atom. The van der Waals surface area contributed by atoms with Crippen molar-refractivity contribution in [3.05, 3.63) is 69.2 Å². The minimum atomic E-state index is -4.36. The number of Topliss-reactive ketones (excluding diaryl/α,β-unsaturated/α-hetero) is 1. The molecule has 0 saturated carbocycles. The number of sulfonamides is 1. The van der Waals surface area contributed by atoms with E-state index in [1.54, 1.807) is 38.1 Å². The number of ketones is 1. The molecule has 2 aromatic rings. The van der Waals surface area contributed by atoms with Crippen LogP contribution in [-0.2, 0) is 14.8 Å². The van der Waals surface area contributed by atoms with Gasteiger partial charge in [-0.05, 0) is 44.5 Å². The zero-order valence-electron chi connectivity index (χ0n) is 17.4. The summed E-state index contributed by atoms with van der Waals surface area (Å²) >= 11 is 38.5. The van der Waals surface area contributed by atoms with Crippen LogP contribution in [0.5, 0.6) is 0 Å². The predicted octanol–water partition coefficient (Wildman–Crippen LogP) is 6.32. The summed E-state index contributed by atoms with van der Waals surface area (Å²) in [5.74, 6) is -1.07. The molecule has 178 valence electrons. The Labute approximate surface area is 222 Å². The van der Waals surface area contributed by atoms with Gasteiger partial charge in [-0.1, -0.05) is 105 Å². The summed E-state index contributed by atoms with van der Waals surface area (Å²) in [6, 6.07) is 11.2. The number of aryl methyl sites for hydroxylation is 3. The van der Waals surface area contributed by atoms with Crippen molar-refractivity contribution in [3.8, 4) is 0 Å². The maximum absolute atomic E-state index is 13.4. The molecular formula is C21H18Cl6N2O3S. The van der Waals surface area contributed by atoms with Crippen LogP contribution in [-0.4, -0.2) is 28.5 Å². The average molecular weight is 591 g/mol. The largest absolute Gasteiger partial charge is 0.359 e. The third kappa shape index (κ3) is 4.50. The summed E-state index contributed by atoms with van der Waals surface area (Å²) in [7, 11) is -4.36. The van der Waals surface area contributed by atoms with Crippen LogP contribution < -0.4 is 10.0 Å². The van der Waals surface area contributed by atoms with Crippen molar-refractivity contribution in [2.24, 2.45) is 0 Å². The van der Waals surface area contributed by atoms with E-state index in [9.17, 15) is 13.2 Å². The highest BCUT2D eigenvalue weighted by Gasteiger charge is 2.71. The Kier molecular flexibility index (Phi) is 7.39. The minimum Gasteiger partial charge on any atom is -0.359 e. The van der Waals surface area contributed by atoms with Crippen molar-refractivity contribution >= 4 is 91.1 Å². The van der Waals surface area contributed by atoms with E-state index in [0.717, 1.165) is 11.1 Å². The molecule has 3 rings (SSSR count). The number of alkyl halides is 4. The molecule has 0 saturated heterocycles. The van der Waals surface area contributed by atoms with Crippen molar-refractivity contribution in [2.45, 2.75) is 40.0 Å². The van der Waals surface area contributed by atoms with Crippen molar-refractivity contribution in [1.29, 1.82) is 0 Å². The number of anilines is 1. The highest BCUT2D eigenvalue weighted by atomic mass is 35.5. The standard InChI is InChI=1S/C21H18Cl6N2O3S/c1-11-4-7-14(8-5-11)33(31,32)29-20(28-15-9-6-12(2)10-13(15)3)17(23)16(22)18(30)19(24,25)21(20,26)27/h4-10,28-29H,1-3H3. The molecule has 0 radical (unpaired) electrons. The second-order valence-corrected chi connectivity index (χ2v) is 12.8. The highest BCUT2D eigenvalue weighted by molar-refractivity contribution is 7.89. The fourth-order valence-electron chi connectivity index (χ4n) is 3.32. The molecule has 12 heteroatoms. The number of halogens is 6. The zero-order chi connectivity index (χ0) is 25.0. The van der Waals surface area contributed by atoms with Crippen LogP contribution in [0.4, 0.5) is 5.69 Å². The molecule has 5 nitrogen and oxygen atoms in total. The maximum Gasteiger partial charge on any atom is 0.242 e. The number of hydrogen-bond donors (Lipinski definition) is 2. The van der Waals surface area contributed by atoms with Crippen molar-refractivity contribution in [1.82, 2.24) is 4.72 Å². The molecule has 2 aromatic carbocycles. The Morgan fingerprint density at radius 2 is 1.39 bits per heavy atom. The summed E-state index contributed by atoms with van der Waals surface area (Å²) in [5, 5.41) is 1.78. The van der Waals surface area contributed by atoms with Crippen LogP contribution in [0.1, 0.15) is 16.7 Å². The molecular weight excluding hydrogens is 573 g/mol. The van der Waals surface area contributed by atoms with Gasteiger partial charge in [0.25, 0.3) is 0 Å². The van der Waals surface area contributed by atoms with Gasteiger partial charge in [-0.3, -0.25) is 4.79 Å². The van der Waals surface area contributed by atoms with Gasteiger partial charge in [0.05, 0.1) is 9.93 Å². The molecule has 0 amide bonds. The number of rotatable bonds is 5. The lowest BCUT2D eigenvalue weighted by Gasteiger charge is -2.51. The molecule has 0 aromatic heterocycles. The van der Waals surface area contributed by atoms with Crippen LogP contribution in [0.3, 0.4) is 0 Å². The SMILES string of the molecule is Cc1ccc(S(=O)(=O)NC2(Nc3ccc(C)cc3C)C(Cl)=C(Cl)C(=O)C(Cl)(Cl)C2(Cl)Cl)cc1. The van der Waals surface area contributed by atoms with Gasteiger partial charge in [-0.15, -0.1) is 0 Å². The second-order valence-electron chi connectivity index (χ2n) is 7.72. The van der Waals surface area contributed by atoms with Crippen molar-refractivity contribution < 1.29 is 13.2 Å². The number of carbonyl (C=O) groups is 1. The first-order valence-electron chi connectivity index (χ1n) is 9.39. The minimum absolute atomic E-state index is 0.119. The summed E-state index contributed by atoms with van der Waals surface area (Å²) in [6.45, 7) is 5.45. The smallest absolute Gasteiger partial charge is 0.242 e. The fraction of sp³-hybridized carbons (Fsp3) is 0.286.